The number of ketones is 1. The van der Waals surface area contributed by atoms with Crippen LogP contribution in [0.15, 0.2) is 60.4 Å². The molecule has 6 heteroatoms. The largest absolute Gasteiger partial charge is 0.493 e. The van der Waals surface area contributed by atoms with Crippen molar-refractivity contribution in [3.05, 3.63) is 82.7 Å². The molecule has 0 spiro atoms. The molecule has 1 amide bonds. The van der Waals surface area contributed by atoms with Crippen molar-refractivity contribution in [1.29, 1.82) is 0 Å². The third kappa shape index (κ3) is 4.51. The number of methoxy groups -OCH3 is 2. The van der Waals surface area contributed by atoms with Crippen molar-refractivity contribution >= 4 is 11.7 Å². The first-order valence-electron chi connectivity index (χ1n) is 11.2. The highest BCUT2D eigenvalue weighted by Gasteiger charge is 2.35. The molecule has 2 unspecified atom stereocenters. The molecule has 0 saturated heterocycles. The van der Waals surface area contributed by atoms with Crippen LogP contribution in [0.1, 0.15) is 33.5 Å². The zero-order chi connectivity index (χ0) is 23.5. The molecule has 33 heavy (non-hydrogen) atoms. The number of fused-ring (bicyclic) bond motifs is 1. The zero-order valence-electron chi connectivity index (χ0n) is 19.6. The van der Waals surface area contributed by atoms with E-state index in [1.165, 1.54) is 11.1 Å². The highest BCUT2D eigenvalue weighted by molar-refractivity contribution is 6.03. The monoisotopic (exact) mass is 446 g/mol. The van der Waals surface area contributed by atoms with Crippen LogP contribution in [0.3, 0.4) is 0 Å². The third-order valence-corrected chi connectivity index (χ3v) is 6.57. The minimum atomic E-state index is -0.192. The molecule has 4 rings (SSSR count). The molecule has 6 nitrogen and oxygen atoms in total. The molecule has 172 valence electrons. The van der Waals surface area contributed by atoms with Gasteiger partial charge in [-0.05, 0) is 48.6 Å². The Morgan fingerprint density at radius 3 is 2.58 bits per heavy atom. The van der Waals surface area contributed by atoms with Gasteiger partial charge in [0, 0.05) is 49.0 Å². The second-order valence-corrected chi connectivity index (χ2v) is 8.58. The van der Waals surface area contributed by atoms with Gasteiger partial charge in [0.25, 0.3) is 0 Å². The minimum Gasteiger partial charge on any atom is -0.493 e. The number of hydrogen-bond acceptors (Lipinski definition) is 5. The predicted octanol–water partition coefficient (Wildman–Crippen LogP) is 4.03. The van der Waals surface area contributed by atoms with Crippen molar-refractivity contribution in [2.75, 3.05) is 21.3 Å². The highest BCUT2D eigenvalue weighted by Crippen LogP contribution is 2.40. The van der Waals surface area contributed by atoms with Crippen molar-refractivity contribution in [2.45, 2.75) is 26.3 Å². The van der Waals surface area contributed by atoms with Gasteiger partial charge in [-0.15, -0.1) is 0 Å². The topological polar surface area (TPSA) is 67.9 Å². The summed E-state index contributed by atoms with van der Waals surface area (Å²) in [6.07, 6.45) is 7.18. The first kappa shape index (κ1) is 22.6. The summed E-state index contributed by atoms with van der Waals surface area (Å²) in [6, 6.07) is 11.9. The van der Waals surface area contributed by atoms with Crippen molar-refractivity contribution in [3.8, 4) is 11.5 Å². The SMILES string of the molecule is CNC(=O)C1=CN(Cc2ccccc2C)C=CC1CC1Cc2cc(OC)c(OC)cc2C1=O. The maximum Gasteiger partial charge on any atom is 0.249 e. The number of Topliss-reactive ketones (excluding diaryl/α,β-unsaturated/α-hetero) is 1. The van der Waals surface area contributed by atoms with Crippen LogP contribution in [0.5, 0.6) is 11.5 Å². The summed E-state index contributed by atoms with van der Waals surface area (Å²) in [4.78, 5) is 27.9. The van der Waals surface area contributed by atoms with Crippen LogP contribution in [-0.2, 0) is 17.8 Å². The number of nitrogens with zero attached hydrogens (tertiary/aromatic N) is 1. The average molecular weight is 447 g/mol. The number of ether oxygens (including phenoxy) is 2. The zero-order valence-corrected chi connectivity index (χ0v) is 19.6. The third-order valence-electron chi connectivity index (χ3n) is 6.57. The van der Waals surface area contributed by atoms with Gasteiger partial charge < -0.3 is 19.7 Å². The molecule has 0 saturated carbocycles. The van der Waals surface area contributed by atoms with Crippen molar-refractivity contribution in [3.63, 3.8) is 0 Å². The van der Waals surface area contributed by atoms with Gasteiger partial charge in [-0.3, -0.25) is 9.59 Å². The normalized spacial score (nSPS) is 19.2. The number of aryl methyl sites for hydroxylation is 1. The number of benzene rings is 2. The Morgan fingerprint density at radius 2 is 1.88 bits per heavy atom. The quantitative estimate of drug-likeness (QED) is 0.696. The van der Waals surface area contributed by atoms with Gasteiger partial charge in [-0.25, -0.2) is 0 Å². The van der Waals surface area contributed by atoms with Gasteiger partial charge >= 0.3 is 0 Å². The van der Waals surface area contributed by atoms with Crippen LogP contribution >= 0.6 is 0 Å². The molecular weight excluding hydrogens is 416 g/mol. The lowest BCUT2D eigenvalue weighted by molar-refractivity contribution is -0.117. The number of carbonyl (C=O) groups excluding carboxylic acids is 2. The molecule has 1 aliphatic carbocycles. The molecule has 2 aliphatic rings. The fourth-order valence-electron chi connectivity index (χ4n) is 4.69. The van der Waals surface area contributed by atoms with Crippen molar-refractivity contribution in [1.82, 2.24) is 10.2 Å². The van der Waals surface area contributed by atoms with Crippen LogP contribution in [0.25, 0.3) is 0 Å². The van der Waals surface area contributed by atoms with E-state index in [0.717, 1.165) is 5.56 Å². The van der Waals surface area contributed by atoms with E-state index in [-0.39, 0.29) is 23.5 Å². The Morgan fingerprint density at radius 1 is 1.15 bits per heavy atom. The van der Waals surface area contributed by atoms with Crippen molar-refractivity contribution in [2.24, 2.45) is 11.8 Å². The summed E-state index contributed by atoms with van der Waals surface area (Å²) in [5, 5.41) is 2.76. The Hall–Kier alpha value is -3.54. The van der Waals surface area contributed by atoms with E-state index in [1.54, 1.807) is 27.3 Å². The molecule has 0 aromatic heterocycles. The summed E-state index contributed by atoms with van der Waals surface area (Å²) < 4.78 is 10.8. The van der Waals surface area contributed by atoms with Gasteiger partial charge in [-0.1, -0.05) is 30.3 Å². The van der Waals surface area contributed by atoms with Crippen LogP contribution in [0.2, 0.25) is 0 Å². The molecule has 0 fully saturated rings. The van der Waals surface area contributed by atoms with Crippen molar-refractivity contribution < 1.29 is 19.1 Å². The fraction of sp³-hybridized carbons (Fsp3) is 0.333. The lowest BCUT2D eigenvalue weighted by Gasteiger charge is -2.28. The number of likely N-dealkylation sites (N-methyl/N-ethyl adjacent to an activating group) is 1. The number of rotatable bonds is 7. The predicted molar refractivity (Wildman–Crippen MR) is 127 cm³/mol. The Kier molecular flexibility index (Phi) is 6.54. The van der Waals surface area contributed by atoms with Crippen LogP contribution in [0.4, 0.5) is 0 Å². The maximum absolute atomic E-state index is 13.2. The number of hydrogen-bond donors (Lipinski definition) is 1. The van der Waals surface area contributed by atoms with Gasteiger partial charge in [0.05, 0.1) is 14.2 Å². The van der Waals surface area contributed by atoms with E-state index in [0.29, 0.717) is 42.0 Å². The summed E-state index contributed by atoms with van der Waals surface area (Å²) >= 11 is 0. The van der Waals surface area contributed by atoms with Gasteiger partial charge in [0.15, 0.2) is 17.3 Å². The molecule has 0 radical (unpaired) electrons. The second kappa shape index (κ2) is 9.53. The highest BCUT2D eigenvalue weighted by atomic mass is 16.5. The van der Waals surface area contributed by atoms with E-state index in [1.807, 2.05) is 41.6 Å². The van der Waals surface area contributed by atoms with Crippen LogP contribution < -0.4 is 14.8 Å². The smallest absolute Gasteiger partial charge is 0.249 e. The van der Waals surface area contributed by atoms with Crippen LogP contribution in [0, 0.1) is 18.8 Å². The van der Waals surface area contributed by atoms with Gasteiger partial charge in [0.2, 0.25) is 5.91 Å². The van der Waals surface area contributed by atoms with E-state index >= 15 is 0 Å². The first-order valence-corrected chi connectivity index (χ1v) is 11.2. The summed E-state index contributed by atoms with van der Waals surface area (Å²) in [5.41, 5.74) is 4.74. The van der Waals surface area contributed by atoms with E-state index < -0.39 is 0 Å². The lowest BCUT2D eigenvalue weighted by atomic mass is 9.85. The molecule has 1 N–H and O–H groups in total. The number of amides is 1. The van der Waals surface area contributed by atoms with E-state index in [4.69, 9.17) is 9.47 Å². The molecule has 2 aromatic carbocycles. The Bertz CT molecular complexity index is 1130. The van der Waals surface area contributed by atoms with E-state index in [9.17, 15) is 9.59 Å². The molecule has 0 bridgehead atoms. The first-order chi connectivity index (χ1) is 15.9. The Balaban J connectivity index is 1.54. The van der Waals surface area contributed by atoms with Gasteiger partial charge in [-0.2, -0.15) is 0 Å². The Labute approximate surface area is 194 Å². The number of allylic oxidation sites excluding steroid dienone is 1. The lowest BCUT2D eigenvalue weighted by Crippen LogP contribution is -2.30. The second-order valence-electron chi connectivity index (χ2n) is 8.58. The summed E-state index contributed by atoms with van der Waals surface area (Å²) in [7, 11) is 4.80. The molecule has 2 atom stereocenters. The summed E-state index contributed by atoms with van der Waals surface area (Å²) in [6.45, 7) is 2.77. The average Bonchev–Trinajstić information content (AvgIpc) is 3.14. The maximum atomic E-state index is 13.2. The van der Waals surface area contributed by atoms with E-state index in [2.05, 4.69) is 24.4 Å². The molecular formula is C27H30N2O4. The molecule has 2 aromatic rings. The number of carbonyl (C=O) groups is 2. The standard InChI is InChI=1S/C27H30N2O4/c1-17-7-5-6-8-19(17)15-29-10-9-18(23(16-29)27(31)28-2)11-21-12-20-13-24(32-3)25(33-4)14-22(20)26(21)30/h5-10,13-14,16,18,21H,11-12,15H2,1-4H3,(H,28,31). The molecule has 1 aliphatic heterocycles. The summed E-state index contributed by atoms with van der Waals surface area (Å²) in [5.74, 6) is 0.830. The molecule has 1 heterocycles. The van der Waals surface area contributed by atoms with Gasteiger partial charge in [0.1, 0.15) is 0 Å². The minimum absolute atomic E-state index is 0.0953. The fourth-order valence-corrected chi connectivity index (χ4v) is 4.69. The number of nitrogens with one attached hydrogen (secondary N) is 1. The van der Waals surface area contributed by atoms with Crippen LogP contribution in [-0.4, -0.2) is 37.9 Å².